The van der Waals surface area contributed by atoms with Gasteiger partial charge in [0, 0.05) is 31.0 Å². The summed E-state index contributed by atoms with van der Waals surface area (Å²) in [6.07, 6.45) is 1.58. The van der Waals surface area contributed by atoms with Crippen LogP contribution in [0.25, 0.3) is 5.57 Å². The van der Waals surface area contributed by atoms with Gasteiger partial charge in [-0.2, -0.15) is 0 Å². The monoisotopic (exact) mass is 719 g/mol. The number of sulfonamides is 1. The first-order valence-corrected chi connectivity index (χ1v) is 19.3. The summed E-state index contributed by atoms with van der Waals surface area (Å²) in [5.41, 5.74) is 9.97. The number of unbranched alkanes of at least 4 members (excludes halogenated alkanes) is 1. The summed E-state index contributed by atoms with van der Waals surface area (Å²) < 4.78 is 35.9. The van der Waals surface area contributed by atoms with Gasteiger partial charge >= 0.3 is 5.97 Å². The lowest BCUT2D eigenvalue weighted by molar-refractivity contribution is -0.140. The summed E-state index contributed by atoms with van der Waals surface area (Å²) in [5, 5.41) is 6.58. The van der Waals surface area contributed by atoms with Crippen LogP contribution >= 0.6 is 0 Å². The second-order valence-corrected chi connectivity index (χ2v) is 15.1. The number of esters is 1. The highest BCUT2D eigenvalue weighted by Crippen LogP contribution is 2.43. The van der Waals surface area contributed by atoms with Gasteiger partial charge in [0.05, 0.1) is 24.1 Å². The van der Waals surface area contributed by atoms with Crippen LogP contribution in [0.15, 0.2) is 131 Å². The maximum atomic E-state index is 14.1. The van der Waals surface area contributed by atoms with E-state index in [-0.39, 0.29) is 29.6 Å². The molecule has 0 saturated heterocycles. The summed E-state index contributed by atoms with van der Waals surface area (Å²) in [4.78, 5) is 23.9. The second-order valence-electron chi connectivity index (χ2n) is 13.4. The molecule has 1 unspecified atom stereocenters. The highest BCUT2D eigenvalue weighted by molar-refractivity contribution is 7.89. The summed E-state index contributed by atoms with van der Waals surface area (Å²) in [5.74, 6) is -0.203. The van der Waals surface area contributed by atoms with Crippen molar-refractivity contribution in [1.82, 2.24) is 10.0 Å². The Bertz CT molecular complexity index is 2020. The molecule has 3 N–H and O–H groups in total. The van der Waals surface area contributed by atoms with Crippen LogP contribution in [0.5, 0.6) is 0 Å². The smallest absolute Gasteiger partial charge is 0.305 e. The maximum absolute atomic E-state index is 14.1. The second kappa shape index (κ2) is 17.6. The van der Waals surface area contributed by atoms with E-state index in [1.165, 1.54) is 47.1 Å². The number of ether oxygens (including phenoxy) is 1. The van der Waals surface area contributed by atoms with E-state index in [2.05, 4.69) is 72.1 Å². The molecule has 1 aliphatic rings. The van der Waals surface area contributed by atoms with Gasteiger partial charge in [-0.05, 0) is 96.9 Å². The van der Waals surface area contributed by atoms with Crippen molar-refractivity contribution < 1.29 is 22.7 Å². The third-order valence-electron chi connectivity index (χ3n) is 10.1. The molecule has 0 spiro atoms. The third kappa shape index (κ3) is 9.33. The number of carbonyl (C=O) groups is 2. The van der Waals surface area contributed by atoms with E-state index in [0.29, 0.717) is 31.0 Å². The van der Waals surface area contributed by atoms with Gasteiger partial charge in [0.15, 0.2) is 0 Å². The predicted molar refractivity (Wildman–Crippen MR) is 208 cm³/mol. The van der Waals surface area contributed by atoms with Crippen LogP contribution in [0, 0.1) is 5.92 Å². The molecule has 52 heavy (non-hydrogen) atoms. The minimum absolute atomic E-state index is 0.0811. The number of anilines is 1. The summed E-state index contributed by atoms with van der Waals surface area (Å²) in [6, 6.07) is 33.1. The largest absolute Gasteiger partial charge is 0.469 e. The molecular weight excluding hydrogens is 671 g/mol. The lowest BCUT2D eigenvalue weighted by Gasteiger charge is -2.30. The molecule has 272 valence electrons. The zero-order valence-corrected chi connectivity index (χ0v) is 31.4. The van der Waals surface area contributed by atoms with E-state index in [9.17, 15) is 18.0 Å². The lowest BCUT2D eigenvalue weighted by Crippen LogP contribution is -2.38. The van der Waals surface area contributed by atoms with Crippen molar-refractivity contribution in [2.45, 2.75) is 76.9 Å². The van der Waals surface area contributed by atoms with Crippen molar-refractivity contribution in [2.75, 3.05) is 12.4 Å². The first kappa shape index (κ1) is 38.4. The Morgan fingerprint density at radius 1 is 0.731 bits per heavy atom. The Labute approximate surface area is 308 Å². The maximum Gasteiger partial charge on any atom is 0.305 e. The van der Waals surface area contributed by atoms with Crippen LogP contribution in [0.3, 0.4) is 0 Å². The number of benzene rings is 4. The molecule has 8 nitrogen and oxygen atoms in total. The van der Waals surface area contributed by atoms with Gasteiger partial charge in [-0.25, -0.2) is 13.1 Å². The van der Waals surface area contributed by atoms with Crippen molar-refractivity contribution >= 4 is 33.2 Å². The number of nitrogens with one attached hydrogen (secondary N) is 3. The van der Waals surface area contributed by atoms with Crippen molar-refractivity contribution in [1.29, 1.82) is 0 Å². The van der Waals surface area contributed by atoms with Gasteiger partial charge in [0.1, 0.15) is 0 Å². The van der Waals surface area contributed by atoms with Gasteiger partial charge < -0.3 is 15.4 Å². The number of amides is 1. The van der Waals surface area contributed by atoms with Gasteiger partial charge in [-0.1, -0.05) is 97.4 Å². The molecule has 0 aromatic heterocycles. The van der Waals surface area contributed by atoms with Crippen molar-refractivity contribution in [3.05, 3.63) is 148 Å². The van der Waals surface area contributed by atoms with Gasteiger partial charge in [-0.15, -0.1) is 0 Å². The van der Waals surface area contributed by atoms with E-state index >= 15 is 0 Å². The van der Waals surface area contributed by atoms with Crippen LogP contribution < -0.4 is 15.4 Å². The van der Waals surface area contributed by atoms with E-state index < -0.39 is 22.1 Å². The standard InChI is InChI=1S/C43H49N3O5S/c1-29-30(2)32(4)41(31(29)3)38-21-13-12-20-35(38)28-44-42(33-16-8-6-9-17-33)43(34-18-10-7-11-19-34)46-52(49,50)37-26-24-36(25-27-37)45-39(47)22-14-15-23-40(48)51-5/h6-13,16-21,24-27,31,42-44,46H,14-15,22-23,28H2,1-5H3,(H,45,47)/t31?,42-,43-/m1/s1. The lowest BCUT2D eigenvalue weighted by atomic mass is 9.88. The van der Waals surface area contributed by atoms with Gasteiger partial charge in [0.2, 0.25) is 15.9 Å². The molecule has 1 aliphatic carbocycles. The normalized spacial score (nSPS) is 15.8. The first-order valence-electron chi connectivity index (χ1n) is 17.8. The summed E-state index contributed by atoms with van der Waals surface area (Å²) in [6.45, 7) is 9.38. The highest BCUT2D eigenvalue weighted by Gasteiger charge is 2.31. The first-order chi connectivity index (χ1) is 25.0. The Balaban J connectivity index is 1.39. The molecule has 0 saturated carbocycles. The average Bonchev–Trinajstić information content (AvgIpc) is 3.35. The molecule has 4 aromatic rings. The number of rotatable bonds is 16. The van der Waals surface area contributed by atoms with Crippen LogP contribution in [0.1, 0.15) is 87.7 Å². The third-order valence-corrected chi connectivity index (χ3v) is 11.6. The van der Waals surface area contributed by atoms with Gasteiger partial charge in [0.25, 0.3) is 0 Å². The molecule has 4 aromatic carbocycles. The van der Waals surface area contributed by atoms with Crippen molar-refractivity contribution in [3.8, 4) is 0 Å². The van der Waals surface area contributed by atoms with Gasteiger partial charge in [-0.3, -0.25) is 9.59 Å². The topological polar surface area (TPSA) is 114 Å². The fraction of sp³-hybridized carbons (Fsp3) is 0.302. The zero-order valence-electron chi connectivity index (χ0n) is 30.6. The highest BCUT2D eigenvalue weighted by atomic mass is 32.2. The fourth-order valence-corrected chi connectivity index (χ4v) is 8.10. The van der Waals surface area contributed by atoms with Crippen LogP contribution in [0.4, 0.5) is 5.69 Å². The minimum Gasteiger partial charge on any atom is -0.469 e. The number of hydrogen-bond donors (Lipinski definition) is 3. The number of hydrogen-bond acceptors (Lipinski definition) is 6. The molecule has 0 bridgehead atoms. The van der Waals surface area contributed by atoms with Crippen molar-refractivity contribution in [2.24, 2.45) is 5.92 Å². The fourth-order valence-electron chi connectivity index (χ4n) is 6.87. The molecule has 0 aliphatic heterocycles. The molecule has 5 rings (SSSR count). The predicted octanol–water partition coefficient (Wildman–Crippen LogP) is 8.67. The minimum atomic E-state index is -4.02. The zero-order chi connectivity index (χ0) is 37.3. The Kier molecular flexibility index (Phi) is 13.0. The molecule has 0 fully saturated rings. The SMILES string of the molecule is COC(=O)CCCCC(=O)Nc1ccc(S(=O)(=O)N[C@H](c2ccccc2)[C@H](NCc2ccccc2C2=C(C)C(C)=C(C)C2C)c2ccccc2)cc1. The molecular formula is C43H49N3O5S. The number of methoxy groups -OCH3 is 1. The molecule has 3 atom stereocenters. The average molecular weight is 720 g/mol. The van der Waals surface area contributed by atoms with E-state index in [4.69, 9.17) is 0 Å². The van der Waals surface area contributed by atoms with Crippen LogP contribution in [0.2, 0.25) is 0 Å². The van der Waals surface area contributed by atoms with Crippen LogP contribution in [-0.4, -0.2) is 27.4 Å². The van der Waals surface area contributed by atoms with E-state index in [1.54, 1.807) is 12.1 Å². The number of carbonyl (C=O) groups excluding carboxylic acids is 2. The quantitative estimate of drug-likeness (QED) is 0.0789. The summed E-state index contributed by atoms with van der Waals surface area (Å²) in [7, 11) is -2.69. The molecule has 0 heterocycles. The molecule has 1 amide bonds. The Morgan fingerprint density at radius 2 is 1.31 bits per heavy atom. The van der Waals surface area contributed by atoms with E-state index in [1.807, 2.05) is 60.7 Å². The Morgan fingerprint density at radius 3 is 1.90 bits per heavy atom. The molecule has 0 radical (unpaired) electrons. The van der Waals surface area contributed by atoms with Crippen molar-refractivity contribution in [3.63, 3.8) is 0 Å². The van der Waals surface area contributed by atoms with E-state index in [0.717, 1.165) is 16.7 Å². The number of allylic oxidation sites excluding steroid dienone is 4. The summed E-state index contributed by atoms with van der Waals surface area (Å²) >= 11 is 0. The van der Waals surface area contributed by atoms with Crippen LogP contribution in [-0.2, 0) is 30.9 Å². The molecule has 9 heteroatoms. The Hall–Kier alpha value is -4.83.